The van der Waals surface area contributed by atoms with Crippen LogP contribution in [0.3, 0.4) is 0 Å². The number of hydrogen-bond donors (Lipinski definition) is 3. The van der Waals surface area contributed by atoms with Crippen molar-refractivity contribution in [1.82, 2.24) is 10.0 Å². The first-order chi connectivity index (χ1) is 9.29. The summed E-state index contributed by atoms with van der Waals surface area (Å²) in [5, 5.41) is 12.8. The van der Waals surface area contributed by atoms with E-state index in [4.69, 9.17) is 5.11 Å². The molecular weight excluding hydrogens is 304 g/mol. The van der Waals surface area contributed by atoms with Crippen LogP contribution in [0.5, 0.6) is 0 Å². The van der Waals surface area contributed by atoms with Crippen molar-refractivity contribution in [2.24, 2.45) is 0 Å². The highest BCUT2D eigenvalue weighted by molar-refractivity contribution is 7.88. The van der Waals surface area contributed by atoms with Crippen LogP contribution in [-0.4, -0.2) is 44.7 Å². The highest BCUT2D eigenvalue weighted by Crippen LogP contribution is 2.18. The predicted molar refractivity (Wildman–Crippen MR) is 76.2 cm³/mol. The number of thiophene rings is 1. The maximum atomic E-state index is 11.8. The molecule has 1 aromatic heterocycles. The monoisotopic (exact) mass is 318 g/mol. The molecule has 0 saturated heterocycles. The molecule has 0 aliphatic rings. The molecule has 0 spiro atoms. The molecule has 0 fully saturated rings. The Morgan fingerprint density at radius 3 is 2.70 bits per heavy atom. The van der Waals surface area contributed by atoms with Crippen LogP contribution in [0.2, 0.25) is 0 Å². The van der Waals surface area contributed by atoms with Gasteiger partial charge in [-0.15, -0.1) is 11.3 Å². The van der Waals surface area contributed by atoms with Crippen molar-refractivity contribution >= 4 is 39.3 Å². The summed E-state index contributed by atoms with van der Waals surface area (Å²) in [7, 11) is -3.28. The summed E-state index contributed by atoms with van der Waals surface area (Å²) in [5.41, 5.74) is 0.506. The second-order valence-electron chi connectivity index (χ2n) is 3.80. The molecule has 110 valence electrons. The van der Waals surface area contributed by atoms with Gasteiger partial charge >= 0.3 is 5.97 Å². The smallest absolute Gasteiger partial charge is 0.328 e. The van der Waals surface area contributed by atoms with Crippen LogP contribution in [-0.2, 0) is 14.8 Å². The zero-order valence-electron chi connectivity index (χ0n) is 10.6. The van der Waals surface area contributed by atoms with Crippen LogP contribution in [0.15, 0.2) is 17.5 Å². The minimum atomic E-state index is -3.28. The lowest BCUT2D eigenvalue weighted by atomic mass is 10.2. The summed E-state index contributed by atoms with van der Waals surface area (Å²) in [6, 6.07) is 1.63. The number of carbonyl (C=O) groups is 2. The van der Waals surface area contributed by atoms with Crippen molar-refractivity contribution in [3.05, 3.63) is 28.0 Å². The third-order valence-corrected chi connectivity index (χ3v) is 3.74. The molecule has 0 saturated carbocycles. The van der Waals surface area contributed by atoms with E-state index in [0.29, 0.717) is 10.4 Å². The Balaban J connectivity index is 2.56. The van der Waals surface area contributed by atoms with E-state index in [1.54, 1.807) is 11.4 Å². The minimum absolute atomic E-state index is 0.0935. The third-order valence-electron chi connectivity index (χ3n) is 2.08. The summed E-state index contributed by atoms with van der Waals surface area (Å²) in [5.74, 6) is -1.47. The van der Waals surface area contributed by atoms with E-state index in [1.807, 2.05) is 0 Å². The van der Waals surface area contributed by atoms with Crippen molar-refractivity contribution < 1.29 is 23.1 Å². The van der Waals surface area contributed by atoms with Gasteiger partial charge in [-0.05, 0) is 23.1 Å². The topological polar surface area (TPSA) is 113 Å². The molecule has 0 radical (unpaired) electrons. The fraction of sp³-hybridized carbons (Fsp3) is 0.273. The second-order valence-corrected chi connectivity index (χ2v) is 6.55. The zero-order valence-corrected chi connectivity index (χ0v) is 12.3. The number of carbonyl (C=O) groups excluding carboxylic acids is 1. The molecule has 1 rings (SSSR count). The lowest BCUT2D eigenvalue weighted by Gasteiger charge is -2.05. The average Bonchev–Trinajstić information content (AvgIpc) is 2.79. The minimum Gasteiger partial charge on any atom is -0.478 e. The van der Waals surface area contributed by atoms with Crippen LogP contribution in [0, 0.1) is 0 Å². The first-order valence-corrected chi connectivity index (χ1v) is 8.28. The van der Waals surface area contributed by atoms with E-state index in [0.717, 1.165) is 12.3 Å². The molecule has 20 heavy (non-hydrogen) atoms. The Hall–Kier alpha value is -1.71. The van der Waals surface area contributed by atoms with E-state index in [2.05, 4.69) is 10.0 Å². The lowest BCUT2D eigenvalue weighted by molar-refractivity contribution is -0.131. The molecule has 3 N–H and O–H groups in total. The van der Waals surface area contributed by atoms with Gasteiger partial charge in [-0.1, -0.05) is 0 Å². The summed E-state index contributed by atoms with van der Waals surface area (Å²) in [4.78, 5) is 22.6. The highest BCUT2D eigenvalue weighted by atomic mass is 32.2. The quantitative estimate of drug-likeness (QED) is 0.488. The van der Waals surface area contributed by atoms with Gasteiger partial charge in [-0.25, -0.2) is 17.9 Å². The largest absolute Gasteiger partial charge is 0.478 e. The average molecular weight is 318 g/mol. The molecular formula is C11H14N2O5S2. The van der Waals surface area contributed by atoms with Crippen molar-refractivity contribution in [3.63, 3.8) is 0 Å². The molecule has 9 heteroatoms. The molecule has 0 bridgehead atoms. The predicted octanol–water partition coefficient (Wildman–Crippen LogP) is 0.125. The Bertz CT molecular complexity index is 619. The Morgan fingerprint density at radius 1 is 1.40 bits per heavy atom. The van der Waals surface area contributed by atoms with E-state index in [9.17, 15) is 18.0 Å². The van der Waals surface area contributed by atoms with Crippen molar-refractivity contribution in [2.45, 2.75) is 0 Å². The number of nitrogens with one attached hydrogen (secondary N) is 2. The van der Waals surface area contributed by atoms with Gasteiger partial charge in [0.25, 0.3) is 5.91 Å². The summed E-state index contributed by atoms with van der Waals surface area (Å²) in [6.45, 7) is 0.238. The van der Waals surface area contributed by atoms with Crippen LogP contribution in [0.25, 0.3) is 6.08 Å². The molecule has 1 aromatic rings. The normalized spacial score (nSPS) is 11.7. The van der Waals surface area contributed by atoms with Crippen LogP contribution in [0.4, 0.5) is 0 Å². The van der Waals surface area contributed by atoms with Crippen molar-refractivity contribution in [3.8, 4) is 0 Å². The molecule has 0 unspecified atom stereocenters. The van der Waals surface area contributed by atoms with Gasteiger partial charge in [-0.3, -0.25) is 4.79 Å². The molecule has 0 aromatic carbocycles. The number of sulfonamides is 1. The van der Waals surface area contributed by atoms with Crippen molar-refractivity contribution in [2.75, 3.05) is 19.3 Å². The standard InChI is InChI=1S/C11H14N2O5S2/c1-20(17,18)13-6-5-12-11(16)10-8(4-7-19-10)2-3-9(14)15/h2-4,7,13H,5-6H2,1H3,(H,12,16)(H,14,15). The number of carboxylic acid groups (broad SMARTS) is 1. The number of hydrogen-bond acceptors (Lipinski definition) is 5. The number of rotatable bonds is 7. The number of amides is 1. The maximum absolute atomic E-state index is 11.8. The zero-order chi connectivity index (χ0) is 15.2. The number of carboxylic acids is 1. The Labute approximate surface area is 120 Å². The van der Waals surface area contributed by atoms with Gasteiger partial charge in [0.15, 0.2) is 0 Å². The van der Waals surface area contributed by atoms with Gasteiger partial charge in [-0.2, -0.15) is 0 Å². The van der Waals surface area contributed by atoms with Gasteiger partial charge in [0.05, 0.1) is 11.1 Å². The second kappa shape index (κ2) is 7.17. The van der Waals surface area contributed by atoms with Gasteiger partial charge in [0, 0.05) is 19.2 Å². The Kier molecular flexibility index (Phi) is 5.86. The van der Waals surface area contributed by atoms with Gasteiger partial charge in [0.2, 0.25) is 10.0 Å². The summed E-state index contributed by atoms with van der Waals surface area (Å²) in [6.07, 6.45) is 3.31. The van der Waals surface area contributed by atoms with E-state index in [1.165, 1.54) is 17.4 Å². The highest BCUT2D eigenvalue weighted by Gasteiger charge is 2.11. The van der Waals surface area contributed by atoms with Crippen molar-refractivity contribution in [1.29, 1.82) is 0 Å². The van der Waals surface area contributed by atoms with Gasteiger partial charge < -0.3 is 10.4 Å². The maximum Gasteiger partial charge on any atom is 0.328 e. The lowest BCUT2D eigenvalue weighted by Crippen LogP contribution is -2.34. The molecule has 0 aliphatic carbocycles. The van der Waals surface area contributed by atoms with Crippen LogP contribution in [0.1, 0.15) is 15.2 Å². The molecule has 1 heterocycles. The fourth-order valence-electron chi connectivity index (χ4n) is 1.29. The summed E-state index contributed by atoms with van der Waals surface area (Å²) >= 11 is 1.18. The molecule has 1 amide bonds. The Morgan fingerprint density at radius 2 is 2.10 bits per heavy atom. The first-order valence-electron chi connectivity index (χ1n) is 5.51. The molecule has 0 atom stereocenters. The molecule has 0 aliphatic heterocycles. The third kappa shape index (κ3) is 5.95. The van der Waals surface area contributed by atoms with Crippen LogP contribution >= 0.6 is 11.3 Å². The van der Waals surface area contributed by atoms with E-state index >= 15 is 0 Å². The molecule has 7 nitrogen and oxygen atoms in total. The van der Waals surface area contributed by atoms with E-state index in [-0.39, 0.29) is 19.0 Å². The van der Waals surface area contributed by atoms with Gasteiger partial charge in [0.1, 0.15) is 0 Å². The number of aliphatic carboxylic acids is 1. The van der Waals surface area contributed by atoms with Crippen LogP contribution < -0.4 is 10.0 Å². The van der Waals surface area contributed by atoms with E-state index < -0.39 is 16.0 Å². The fourth-order valence-corrected chi connectivity index (χ4v) is 2.56. The first kappa shape index (κ1) is 16.3. The SMILES string of the molecule is CS(=O)(=O)NCCNC(=O)c1sccc1C=CC(=O)O. The summed E-state index contributed by atoms with van der Waals surface area (Å²) < 4.78 is 23.9.